The van der Waals surface area contributed by atoms with E-state index in [2.05, 4.69) is 20.2 Å². The summed E-state index contributed by atoms with van der Waals surface area (Å²) in [5, 5.41) is 2.87. The Labute approximate surface area is 151 Å². The molecule has 1 amide bonds. The van der Waals surface area contributed by atoms with E-state index in [1.165, 1.54) is 19.1 Å². The Bertz CT molecular complexity index is 824. The van der Waals surface area contributed by atoms with Crippen molar-refractivity contribution in [1.82, 2.24) is 15.3 Å². The molecular formula is C19H22N4O3. The van der Waals surface area contributed by atoms with E-state index in [-0.39, 0.29) is 11.7 Å². The Morgan fingerprint density at radius 1 is 1.19 bits per heavy atom. The van der Waals surface area contributed by atoms with E-state index in [9.17, 15) is 9.59 Å². The Balaban J connectivity index is 1.36. The lowest BCUT2D eigenvalue weighted by molar-refractivity contribution is 0.0928. The number of aryl methyl sites for hydroxylation is 1. The van der Waals surface area contributed by atoms with Crippen LogP contribution in [0.1, 0.15) is 57.9 Å². The van der Waals surface area contributed by atoms with Crippen molar-refractivity contribution in [2.45, 2.75) is 38.5 Å². The number of aromatic nitrogens is 2. The molecule has 1 aliphatic carbocycles. The number of furan rings is 1. The van der Waals surface area contributed by atoms with Crippen molar-refractivity contribution in [3.8, 4) is 0 Å². The molecule has 7 nitrogen and oxygen atoms in total. The van der Waals surface area contributed by atoms with E-state index < -0.39 is 0 Å². The zero-order valence-electron chi connectivity index (χ0n) is 14.7. The quantitative estimate of drug-likeness (QED) is 0.885. The summed E-state index contributed by atoms with van der Waals surface area (Å²) in [5.41, 5.74) is 1.71. The molecule has 4 rings (SSSR count). The van der Waals surface area contributed by atoms with Gasteiger partial charge >= 0.3 is 0 Å². The van der Waals surface area contributed by atoms with E-state index in [0.29, 0.717) is 42.7 Å². The van der Waals surface area contributed by atoms with Crippen LogP contribution in [0.4, 0.5) is 5.82 Å². The fourth-order valence-electron chi connectivity index (χ4n) is 3.63. The number of Topliss-reactive ketones (excluding diaryl/α,β-unsaturated/α-hetero) is 1. The molecule has 2 aromatic heterocycles. The lowest BCUT2D eigenvalue weighted by Gasteiger charge is -2.16. The van der Waals surface area contributed by atoms with Gasteiger partial charge < -0.3 is 14.6 Å². The maximum atomic E-state index is 12.4. The lowest BCUT2D eigenvalue weighted by atomic mass is 9.94. The number of fused-ring (bicyclic) bond motifs is 1. The molecule has 7 heteroatoms. The second-order valence-electron chi connectivity index (χ2n) is 6.79. The minimum atomic E-state index is -0.265. The highest BCUT2D eigenvalue weighted by Crippen LogP contribution is 2.26. The van der Waals surface area contributed by atoms with Crippen LogP contribution in [0.15, 0.2) is 23.1 Å². The third-order valence-electron chi connectivity index (χ3n) is 5.00. The average Bonchev–Trinajstić information content (AvgIpc) is 3.32. The molecule has 2 aliphatic rings. The number of carbonyl (C=O) groups is 2. The van der Waals surface area contributed by atoms with Crippen molar-refractivity contribution in [3.63, 3.8) is 0 Å². The van der Waals surface area contributed by atoms with Crippen LogP contribution in [0.5, 0.6) is 0 Å². The first kappa shape index (κ1) is 16.8. The minimum Gasteiger partial charge on any atom is -0.468 e. The number of rotatable bonds is 5. The van der Waals surface area contributed by atoms with E-state index in [4.69, 9.17) is 4.42 Å². The predicted molar refractivity (Wildman–Crippen MR) is 95.5 cm³/mol. The van der Waals surface area contributed by atoms with Crippen molar-refractivity contribution in [3.05, 3.63) is 41.2 Å². The van der Waals surface area contributed by atoms with Crippen molar-refractivity contribution in [2.75, 3.05) is 24.5 Å². The number of nitrogens with zero attached hydrogens (tertiary/aromatic N) is 3. The largest absolute Gasteiger partial charge is 0.468 e. The lowest BCUT2D eigenvalue weighted by Crippen LogP contribution is -2.27. The molecule has 26 heavy (non-hydrogen) atoms. The summed E-state index contributed by atoms with van der Waals surface area (Å²) in [6, 6.07) is 1.99. The standard InChI is InChI=1S/C19H22N4O3/c24-15-4-3-5-16-18(15)14(11-26-16)19(25)20-7-6-13-10-17(22-12-21-13)23-8-1-2-9-23/h10-12H,1-9H2,(H,20,25). The molecule has 0 unspecified atom stereocenters. The van der Waals surface area contributed by atoms with Gasteiger partial charge in [0.1, 0.15) is 24.2 Å². The van der Waals surface area contributed by atoms with Crippen molar-refractivity contribution in [2.24, 2.45) is 0 Å². The number of hydrogen-bond acceptors (Lipinski definition) is 6. The molecule has 1 saturated heterocycles. The summed E-state index contributed by atoms with van der Waals surface area (Å²) >= 11 is 0. The van der Waals surface area contributed by atoms with Gasteiger partial charge in [0.15, 0.2) is 5.78 Å². The van der Waals surface area contributed by atoms with Gasteiger partial charge in [-0.25, -0.2) is 9.97 Å². The highest BCUT2D eigenvalue weighted by atomic mass is 16.3. The average molecular weight is 354 g/mol. The monoisotopic (exact) mass is 354 g/mol. The van der Waals surface area contributed by atoms with Gasteiger partial charge in [0.2, 0.25) is 0 Å². The Morgan fingerprint density at radius 2 is 2.04 bits per heavy atom. The Kier molecular flexibility index (Phi) is 4.69. The molecule has 0 bridgehead atoms. The minimum absolute atomic E-state index is 0.00351. The molecule has 0 spiro atoms. The SMILES string of the molecule is O=C(NCCc1cc(N2CCCC2)ncn1)c1coc2c1C(=O)CCC2. The molecule has 136 valence electrons. The first-order valence-corrected chi connectivity index (χ1v) is 9.20. The number of anilines is 1. The van der Waals surface area contributed by atoms with Crippen LogP contribution in [0.2, 0.25) is 0 Å². The molecule has 3 heterocycles. The van der Waals surface area contributed by atoms with Crippen LogP contribution in [0.3, 0.4) is 0 Å². The van der Waals surface area contributed by atoms with Crippen LogP contribution in [-0.4, -0.2) is 41.3 Å². The maximum absolute atomic E-state index is 12.4. The Hall–Kier alpha value is -2.70. The predicted octanol–water partition coefficient (Wildman–Crippen LogP) is 2.16. The third kappa shape index (κ3) is 3.34. The summed E-state index contributed by atoms with van der Waals surface area (Å²) in [6.07, 6.45) is 7.97. The number of ketones is 1. The van der Waals surface area contributed by atoms with Gasteiger partial charge in [-0.05, 0) is 19.3 Å². The highest BCUT2D eigenvalue weighted by molar-refractivity contribution is 6.09. The summed E-state index contributed by atoms with van der Waals surface area (Å²) in [6.45, 7) is 2.52. The molecule has 1 fully saturated rings. The van der Waals surface area contributed by atoms with Crippen LogP contribution < -0.4 is 10.2 Å². The van der Waals surface area contributed by atoms with Crippen molar-refractivity contribution < 1.29 is 14.0 Å². The second kappa shape index (κ2) is 7.27. The van der Waals surface area contributed by atoms with Gasteiger partial charge in [-0.3, -0.25) is 9.59 Å². The van der Waals surface area contributed by atoms with Gasteiger partial charge in [-0.1, -0.05) is 0 Å². The van der Waals surface area contributed by atoms with E-state index in [1.807, 2.05) is 6.07 Å². The molecule has 1 aliphatic heterocycles. The van der Waals surface area contributed by atoms with E-state index in [0.717, 1.165) is 31.0 Å². The molecule has 2 aromatic rings. The summed E-state index contributed by atoms with van der Waals surface area (Å²) < 4.78 is 5.41. The van der Waals surface area contributed by atoms with Gasteiger partial charge in [0, 0.05) is 50.7 Å². The molecule has 0 aromatic carbocycles. The van der Waals surface area contributed by atoms with Crippen LogP contribution >= 0.6 is 0 Å². The topological polar surface area (TPSA) is 88.3 Å². The van der Waals surface area contributed by atoms with Crippen molar-refractivity contribution >= 4 is 17.5 Å². The maximum Gasteiger partial charge on any atom is 0.255 e. The summed E-state index contributed by atoms with van der Waals surface area (Å²) in [4.78, 5) is 35.4. The van der Waals surface area contributed by atoms with Gasteiger partial charge in [-0.2, -0.15) is 0 Å². The normalized spacial score (nSPS) is 16.6. The van der Waals surface area contributed by atoms with Gasteiger partial charge in [-0.15, -0.1) is 0 Å². The molecule has 0 saturated carbocycles. The first-order chi connectivity index (χ1) is 12.7. The van der Waals surface area contributed by atoms with Crippen molar-refractivity contribution in [1.29, 1.82) is 0 Å². The van der Waals surface area contributed by atoms with E-state index in [1.54, 1.807) is 6.33 Å². The molecule has 0 atom stereocenters. The van der Waals surface area contributed by atoms with Gasteiger partial charge in [0.25, 0.3) is 5.91 Å². The fourth-order valence-corrected chi connectivity index (χ4v) is 3.63. The number of nitrogens with one attached hydrogen (secondary N) is 1. The highest BCUT2D eigenvalue weighted by Gasteiger charge is 2.27. The molecule has 1 N–H and O–H groups in total. The van der Waals surface area contributed by atoms with Crippen LogP contribution in [0, 0.1) is 0 Å². The van der Waals surface area contributed by atoms with E-state index >= 15 is 0 Å². The zero-order valence-corrected chi connectivity index (χ0v) is 14.7. The van der Waals surface area contributed by atoms with Crippen LogP contribution in [-0.2, 0) is 12.8 Å². The second-order valence-corrected chi connectivity index (χ2v) is 6.79. The Morgan fingerprint density at radius 3 is 2.88 bits per heavy atom. The van der Waals surface area contributed by atoms with Crippen LogP contribution in [0.25, 0.3) is 0 Å². The number of carbonyl (C=O) groups excluding carboxylic acids is 2. The summed E-state index contributed by atoms with van der Waals surface area (Å²) in [5.74, 6) is 1.32. The fraction of sp³-hybridized carbons (Fsp3) is 0.474. The molecule has 0 radical (unpaired) electrons. The molecular weight excluding hydrogens is 332 g/mol. The number of amides is 1. The summed E-state index contributed by atoms with van der Waals surface area (Å²) in [7, 11) is 0. The zero-order chi connectivity index (χ0) is 17.9. The smallest absolute Gasteiger partial charge is 0.255 e. The third-order valence-corrected chi connectivity index (χ3v) is 5.00. The van der Waals surface area contributed by atoms with Gasteiger partial charge in [0.05, 0.1) is 11.1 Å². The number of hydrogen-bond donors (Lipinski definition) is 1. The first-order valence-electron chi connectivity index (χ1n) is 9.20.